The highest BCUT2D eigenvalue weighted by Crippen LogP contribution is 2.37. The summed E-state index contributed by atoms with van der Waals surface area (Å²) in [6, 6.07) is 3.71. The van der Waals surface area contributed by atoms with E-state index in [1.54, 1.807) is 7.11 Å². The Balaban J connectivity index is 1.49. The fourth-order valence-corrected chi connectivity index (χ4v) is 5.20. The van der Waals surface area contributed by atoms with Gasteiger partial charge in [0.2, 0.25) is 0 Å². The number of methoxy groups -OCH3 is 1. The van der Waals surface area contributed by atoms with Gasteiger partial charge in [-0.1, -0.05) is 10.7 Å². The molecule has 0 amide bonds. The maximum Gasteiger partial charge on any atom is 0.306 e. The average Bonchev–Trinajstić information content (AvgIpc) is 3.27. The van der Waals surface area contributed by atoms with Crippen LogP contribution in [0.3, 0.4) is 0 Å². The van der Waals surface area contributed by atoms with Crippen molar-refractivity contribution >= 4 is 16.0 Å². The Morgan fingerprint density at radius 3 is 2.83 bits per heavy atom. The second-order valence-corrected chi connectivity index (χ2v) is 9.31. The van der Waals surface area contributed by atoms with Gasteiger partial charge in [-0.2, -0.15) is 4.98 Å². The van der Waals surface area contributed by atoms with E-state index >= 15 is 0 Å². The number of nitrogens with zero attached hydrogens (tertiary/aromatic N) is 3. The number of imidazole rings is 1. The Hall–Kier alpha value is -1.81. The smallest absolute Gasteiger partial charge is 0.306 e. The zero-order chi connectivity index (χ0) is 20.7. The van der Waals surface area contributed by atoms with Crippen molar-refractivity contribution < 1.29 is 18.3 Å². The summed E-state index contributed by atoms with van der Waals surface area (Å²) in [7, 11) is 1.52. The van der Waals surface area contributed by atoms with E-state index in [9.17, 15) is 8.78 Å². The zero-order valence-electron chi connectivity index (χ0n) is 16.8. The summed E-state index contributed by atoms with van der Waals surface area (Å²) in [6.45, 7) is 3.87. The maximum atomic E-state index is 14.2. The third-order valence-electron chi connectivity index (χ3n) is 5.68. The van der Waals surface area contributed by atoms with Crippen LogP contribution < -0.4 is 10.5 Å². The van der Waals surface area contributed by atoms with Crippen molar-refractivity contribution in [2.75, 3.05) is 20.0 Å². The van der Waals surface area contributed by atoms with Crippen LogP contribution in [0.5, 0.6) is 6.01 Å². The molecule has 2 aromatic rings. The van der Waals surface area contributed by atoms with E-state index in [4.69, 9.17) is 15.2 Å². The van der Waals surface area contributed by atoms with Gasteiger partial charge in [-0.25, -0.2) is 12.8 Å². The number of fused-ring (bicyclic) bond motifs is 1. The highest BCUT2D eigenvalue weighted by atomic mass is 32.2. The summed E-state index contributed by atoms with van der Waals surface area (Å²) in [5.41, 5.74) is 8.68. The number of rotatable bonds is 4. The van der Waals surface area contributed by atoms with Crippen molar-refractivity contribution in [1.82, 2.24) is 13.9 Å². The van der Waals surface area contributed by atoms with Gasteiger partial charge in [-0.3, -0.25) is 4.90 Å². The number of ether oxygens (including phenoxy) is 2. The highest BCUT2D eigenvalue weighted by Gasteiger charge is 2.38. The third-order valence-corrected chi connectivity index (χ3v) is 7.32. The lowest BCUT2D eigenvalue weighted by molar-refractivity contribution is -0.0534. The first-order chi connectivity index (χ1) is 13.9. The first kappa shape index (κ1) is 20.5. The van der Waals surface area contributed by atoms with Crippen LogP contribution in [0.1, 0.15) is 36.4 Å². The van der Waals surface area contributed by atoms with Crippen LogP contribution >= 0.6 is 10.7 Å². The molecule has 2 N–H and O–H groups in total. The highest BCUT2D eigenvalue weighted by molar-refractivity contribution is 8.13. The predicted octanol–water partition coefficient (Wildman–Crippen LogP) is 2.83. The molecule has 4 atom stereocenters. The lowest BCUT2D eigenvalue weighted by Crippen LogP contribution is -2.47. The van der Waals surface area contributed by atoms with Crippen molar-refractivity contribution in [3.05, 3.63) is 46.8 Å². The Bertz CT molecular complexity index is 949. The molecule has 9 heteroatoms. The van der Waals surface area contributed by atoms with E-state index in [2.05, 4.69) is 25.5 Å². The van der Waals surface area contributed by atoms with Gasteiger partial charge in [-0.15, -0.1) is 0 Å². The van der Waals surface area contributed by atoms with Crippen LogP contribution in [0.2, 0.25) is 0 Å². The molecule has 3 heterocycles. The molecule has 2 aliphatic heterocycles. The van der Waals surface area contributed by atoms with Gasteiger partial charge >= 0.3 is 6.01 Å². The van der Waals surface area contributed by atoms with E-state index in [-0.39, 0.29) is 22.3 Å². The minimum atomic E-state index is -0.643. The van der Waals surface area contributed by atoms with Gasteiger partial charge in [0.1, 0.15) is 17.7 Å². The van der Waals surface area contributed by atoms with Crippen molar-refractivity contribution in [2.24, 2.45) is 5.73 Å². The molecule has 0 spiro atoms. The van der Waals surface area contributed by atoms with Gasteiger partial charge in [0.05, 0.1) is 25.1 Å². The van der Waals surface area contributed by atoms with Crippen LogP contribution in [-0.4, -0.2) is 51.3 Å². The molecule has 29 heavy (non-hydrogen) atoms. The summed E-state index contributed by atoms with van der Waals surface area (Å²) < 4.78 is 41.2. The van der Waals surface area contributed by atoms with Crippen LogP contribution in [0, 0.1) is 11.6 Å². The minimum Gasteiger partial charge on any atom is -0.467 e. The summed E-state index contributed by atoms with van der Waals surface area (Å²) in [6.07, 6.45) is 2.13. The lowest BCUT2D eigenvalue weighted by Gasteiger charge is -2.38. The van der Waals surface area contributed by atoms with Gasteiger partial charge in [-0.05, 0) is 43.2 Å². The second kappa shape index (κ2) is 8.14. The van der Waals surface area contributed by atoms with Crippen molar-refractivity contribution in [1.29, 1.82) is 0 Å². The molecular weight excluding hydrogens is 398 g/mol. The second-order valence-electron chi connectivity index (χ2n) is 7.42. The fraction of sp³-hybridized carbons (Fsp3) is 0.500. The van der Waals surface area contributed by atoms with E-state index < -0.39 is 23.8 Å². The number of nitrogens with two attached hydrogens (primary N) is 1. The van der Waals surface area contributed by atoms with E-state index in [1.807, 2.05) is 6.92 Å². The maximum absolute atomic E-state index is 14.2. The number of hydrogen-bond acceptors (Lipinski definition) is 5. The summed E-state index contributed by atoms with van der Waals surface area (Å²) in [4.78, 5) is 6.94. The SMILES string of the molecule is C/C=S(\C)n1c(OC)nc2c1CN(C1CO[C@H](c3cc(F)ccc3F)[C@@H](N)C1)C2. The molecule has 0 radical (unpaired) electrons. The first-order valence-electron chi connectivity index (χ1n) is 9.58. The van der Waals surface area contributed by atoms with E-state index in [0.717, 1.165) is 30.1 Å². The van der Waals surface area contributed by atoms with Crippen LogP contribution in [0.25, 0.3) is 0 Å². The molecule has 0 bridgehead atoms. The number of halogens is 2. The molecule has 6 nitrogen and oxygen atoms in total. The van der Waals surface area contributed by atoms with Crippen LogP contribution in [-0.2, 0) is 17.8 Å². The Kier molecular flexibility index (Phi) is 5.74. The van der Waals surface area contributed by atoms with E-state index in [1.165, 1.54) is 6.07 Å². The van der Waals surface area contributed by atoms with Crippen LogP contribution in [0.4, 0.5) is 8.78 Å². The zero-order valence-corrected chi connectivity index (χ0v) is 17.6. The molecule has 1 aromatic heterocycles. The predicted molar refractivity (Wildman–Crippen MR) is 110 cm³/mol. The third kappa shape index (κ3) is 3.72. The molecule has 2 unspecified atom stereocenters. The molecule has 1 aromatic carbocycles. The quantitative estimate of drug-likeness (QED) is 0.765. The van der Waals surface area contributed by atoms with Crippen molar-refractivity contribution in [2.45, 2.75) is 44.6 Å². The summed E-state index contributed by atoms with van der Waals surface area (Å²) >= 11 is 0. The minimum absolute atomic E-state index is 0.0933. The monoisotopic (exact) mass is 424 g/mol. The number of benzene rings is 1. The molecule has 0 saturated carbocycles. The number of aromatic nitrogens is 2. The van der Waals surface area contributed by atoms with Gasteiger partial charge in [0.25, 0.3) is 0 Å². The molecule has 158 valence electrons. The molecule has 1 fully saturated rings. The molecule has 2 aliphatic rings. The topological polar surface area (TPSA) is 65.5 Å². The molecule has 1 saturated heterocycles. The Labute approximate surface area is 171 Å². The fourth-order valence-electron chi connectivity index (χ4n) is 4.12. The van der Waals surface area contributed by atoms with Gasteiger partial charge < -0.3 is 15.2 Å². The van der Waals surface area contributed by atoms with Crippen LogP contribution in [0.15, 0.2) is 18.2 Å². The molecular formula is C20H26F2N4O2S. The Morgan fingerprint density at radius 2 is 2.14 bits per heavy atom. The summed E-state index contributed by atoms with van der Waals surface area (Å²) in [5, 5.41) is 2.13. The standard InChI is InChI=1S/C20H26F2N4O2S/c1-4-29(3)26-18-10-25(9-17(18)24-20(26)27-2)13-8-16(23)19(28-11-13)14-7-12(21)5-6-15(14)22/h4-7,13,16,19H,8-11,23H2,1-3H3/t13?,16-,19+,29?/m0/s1. The molecule has 4 rings (SSSR count). The van der Waals surface area contributed by atoms with Crippen molar-refractivity contribution in [3.8, 4) is 6.01 Å². The normalized spacial score (nSPS) is 25.9. The first-order valence-corrected chi connectivity index (χ1v) is 11.2. The Morgan fingerprint density at radius 1 is 1.34 bits per heavy atom. The van der Waals surface area contributed by atoms with E-state index in [0.29, 0.717) is 25.6 Å². The van der Waals surface area contributed by atoms with Crippen molar-refractivity contribution in [3.63, 3.8) is 0 Å². The largest absolute Gasteiger partial charge is 0.467 e. The van der Waals surface area contributed by atoms with Gasteiger partial charge in [0, 0.05) is 30.7 Å². The summed E-state index contributed by atoms with van der Waals surface area (Å²) in [5.74, 6) is -0.982. The molecule has 0 aliphatic carbocycles. The number of hydrogen-bond donors (Lipinski definition) is 1. The van der Waals surface area contributed by atoms with Gasteiger partial charge in [0.15, 0.2) is 0 Å². The lowest BCUT2D eigenvalue weighted by atomic mass is 9.93. The average molecular weight is 425 g/mol.